The Bertz CT molecular complexity index is 605. The van der Waals surface area contributed by atoms with Crippen molar-refractivity contribution in [2.45, 2.75) is 24.3 Å². The van der Waals surface area contributed by atoms with Crippen LogP contribution in [0.2, 0.25) is 0 Å². The van der Waals surface area contributed by atoms with Crippen molar-refractivity contribution >= 4 is 16.0 Å². The van der Waals surface area contributed by atoms with E-state index in [2.05, 4.69) is 0 Å². The van der Waals surface area contributed by atoms with E-state index in [0.717, 1.165) is 4.31 Å². The standard InChI is InChI=1S/C12H15NO5S/c1-2-8-3-4-10(5-11(8)12(15)16)19(17,18)13-6-9(14)7-13/h3-5,9,14H,2,6-7H2,1H3,(H,15,16). The summed E-state index contributed by atoms with van der Waals surface area (Å²) in [5, 5.41) is 18.2. The average Bonchev–Trinajstić information content (AvgIpc) is 2.33. The smallest absolute Gasteiger partial charge is 0.336 e. The zero-order valence-corrected chi connectivity index (χ0v) is 11.2. The van der Waals surface area contributed by atoms with E-state index < -0.39 is 22.1 Å². The van der Waals surface area contributed by atoms with Gasteiger partial charge in [0.2, 0.25) is 10.0 Å². The van der Waals surface area contributed by atoms with Crippen molar-refractivity contribution in [1.29, 1.82) is 0 Å². The van der Waals surface area contributed by atoms with Crippen LogP contribution in [0.1, 0.15) is 22.8 Å². The number of carbonyl (C=O) groups is 1. The second kappa shape index (κ2) is 4.92. The summed E-state index contributed by atoms with van der Waals surface area (Å²) in [6, 6.07) is 4.11. The molecule has 1 fully saturated rings. The molecule has 0 bridgehead atoms. The lowest BCUT2D eigenvalue weighted by atomic mass is 10.1. The molecule has 0 spiro atoms. The summed E-state index contributed by atoms with van der Waals surface area (Å²) in [5.41, 5.74) is 0.597. The number of aromatic carboxylic acids is 1. The molecule has 0 amide bonds. The third kappa shape index (κ3) is 2.49. The number of carboxylic acid groups (broad SMARTS) is 1. The fourth-order valence-corrected chi connectivity index (χ4v) is 3.53. The van der Waals surface area contributed by atoms with E-state index in [0.29, 0.717) is 12.0 Å². The number of nitrogens with zero attached hydrogens (tertiary/aromatic N) is 1. The summed E-state index contributed by atoms with van der Waals surface area (Å²) in [5.74, 6) is -1.14. The van der Waals surface area contributed by atoms with Crippen LogP contribution in [-0.2, 0) is 16.4 Å². The van der Waals surface area contributed by atoms with Gasteiger partial charge in [0.25, 0.3) is 0 Å². The number of sulfonamides is 1. The molecule has 2 N–H and O–H groups in total. The summed E-state index contributed by atoms with van der Waals surface area (Å²) in [4.78, 5) is 11.1. The quantitative estimate of drug-likeness (QED) is 0.830. The van der Waals surface area contributed by atoms with E-state index in [1.807, 2.05) is 6.92 Å². The molecule has 1 aromatic carbocycles. The summed E-state index contributed by atoms with van der Waals surface area (Å²) >= 11 is 0. The molecule has 0 aliphatic carbocycles. The van der Waals surface area contributed by atoms with Crippen molar-refractivity contribution in [1.82, 2.24) is 4.31 Å². The van der Waals surface area contributed by atoms with Crippen LogP contribution in [0.4, 0.5) is 0 Å². The monoisotopic (exact) mass is 285 g/mol. The van der Waals surface area contributed by atoms with Crippen molar-refractivity contribution in [2.24, 2.45) is 0 Å². The maximum Gasteiger partial charge on any atom is 0.336 e. The fourth-order valence-electron chi connectivity index (χ4n) is 1.99. The van der Waals surface area contributed by atoms with Crippen molar-refractivity contribution in [2.75, 3.05) is 13.1 Å². The molecule has 1 heterocycles. The Labute approximate surface area is 111 Å². The van der Waals surface area contributed by atoms with Gasteiger partial charge in [-0.05, 0) is 24.1 Å². The molecule has 0 unspecified atom stereocenters. The maximum atomic E-state index is 12.2. The number of carboxylic acids is 1. The van der Waals surface area contributed by atoms with Gasteiger partial charge in [-0.25, -0.2) is 13.2 Å². The number of hydrogen-bond acceptors (Lipinski definition) is 4. The number of aliphatic hydroxyl groups is 1. The van der Waals surface area contributed by atoms with Gasteiger partial charge < -0.3 is 10.2 Å². The predicted octanol–water partition coefficient (Wildman–Crippen LogP) is 0.312. The largest absolute Gasteiger partial charge is 0.478 e. The maximum absolute atomic E-state index is 12.2. The SMILES string of the molecule is CCc1ccc(S(=O)(=O)N2CC(O)C2)cc1C(=O)O. The van der Waals surface area contributed by atoms with Gasteiger partial charge in [-0.1, -0.05) is 13.0 Å². The van der Waals surface area contributed by atoms with Crippen LogP contribution < -0.4 is 0 Å². The van der Waals surface area contributed by atoms with E-state index in [-0.39, 0.29) is 23.5 Å². The molecule has 0 aromatic heterocycles. The van der Waals surface area contributed by atoms with Crippen LogP contribution in [0.25, 0.3) is 0 Å². The van der Waals surface area contributed by atoms with Crippen LogP contribution >= 0.6 is 0 Å². The minimum atomic E-state index is -3.71. The number of hydrogen-bond donors (Lipinski definition) is 2. The van der Waals surface area contributed by atoms with Crippen molar-refractivity contribution < 1.29 is 23.4 Å². The highest BCUT2D eigenvalue weighted by Crippen LogP contribution is 2.24. The minimum absolute atomic E-state index is 0.00430. The lowest BCUT2D eigenvalue weighted by Crippen LogP contribution is -2.53. The molecule has 1 aliphatic rings. The molecule has 104 valence electrons. The minimum Gasteiger partial charge on any atom is -0.478 e. The summed E-state index contributed by atoms with van der Waals surface area (Å²) < 4.78 is 25.4. The number of aliphatic hydroxyl groups excluding tert-OH is 1. The highest BCUT2D eigenvalue weighted by atomic mass is 32.2. The zero-order chi connectivity index (χ0) is 14.2. The van der Waals surface area contributed by atoms with E-state index in [1.54, 1.807) is 0 Å². The molecule has 6 nitrogen and oxygen atoms in total. The Kier molecular flexibility index (Phi) is 3.62. The van der Waals surface area contributed by atoms with Crippen molar-refractivity contribution in [3.05, 3.63) is 29.3 Å². The van der Waals surface area contributed by atoms with Gasteiger partial charge >= 0.3 is 5.97 Å². The van der Waals surface area contributed by atoms with Gasteiger partial charge in [0, 0.05) is 13.1 Å². The second-order valence-electron chi connectivity index (χ2n) is 4.45. The van der Waals surface area contributed by atoms with Crippen LogP contribution in [0.5, 0.6) is 0 Å². The Morgan fingerprint density at radius 3 is 2.53 bits per heavy atom. The number of β-amino-alcohol motifs (C(OH)–C–C–N with tert-alkyl or cyclic N) is 1. The molecule has 7 heteroatoms. The Morgan fingerprint density at radius 2 is 2.05 bits per heavy atom. The van der Waals surface area contributed by atoms with E-state index in [9.17, 15) is 13.2 Å². The number of rotatable bonds is 4. The predicted molar refractivity (Wildman–Crippen MR) is 67.5 cm³/mol. The number of benzene rings is 1. The van der Waals surface area contributed by atoms with E-state index in [4.69, 9.17) is 10.2 Å². The lowest BCUT2D eigenvalue weighted by Gasteiger charge is -2.34. The third-order valence-electron chi connectivity index (χ3n) is 3.16. The first-order valence-corrected chi connectivity index (χ1v) is 7.34. The third-order valence-corrected chi connectivity index (χ3v) is 4.99. The first-order chi connectivity index (χ1) is 8.86. The molecule has 1 saturated heterocycles. The van der Waals surface area contributed by atoms with Crippen molar-refractivity contribution in [3.8, 4) is 0 Å². The Hall–Kier alpha value is -1.44. The van der Waals surface area contributed by atoms with Crippen LogP contribution in [0, 0.1) is 0 Å². The molecule has 1 aromatic rings. The van der Waals surface area contributed by atoms with Gasteiger partial charge in [0.15, 0.2) is 0 Å². The van der Waals surface area contributed by atoms with E-state index >= 15 is 0 Å². The normalized spacial score (nSPS) is 17.2. The second-order valence-corrected chi connectivity index (χ2v) is 6.39. The van der Waals surface area contributed by atoms with Crippen LogP contribution in [-0.4, -0.2) is 48.1 Å². The van der Waals surface area contributed by atoms with Gasteiger partial charge in [0.05, 0.1) is 16.6 Å². The number of aryl methyl sites for hydroxylation is 1. The van der Waals surface area contributed by atoms with Gasteiger partial charge in [-0.2, -0.15) is 4.31 Å². The molecule has 1 aliphatic heterocycles. The lowest BCUT2D eigenvalue weighted by molar-refractivity contribution is 0.0547. The van der Waals surface area contributed by atoms with Crippen LogP contribution in [0.15, 0.2) is 23.1 Å². The zero-order valence-electron chi connectivity index (χ0n) is 10.4. The topological polar surface area (TPSA) is 94.9 Å². The molecule has 19 heavy (non-hydrogen) atoms. The molecule has 2 rings (SSSR count). The summed E-state index contributed by atoms with van der Waals surface area (Å²) in [6.45, 7) is 1.92. The Balaban J connectivity index is 2.41. The molecule has 0 radical (unpaired) electrons. The highest BCUT2D eigenvalue weighted by Gasteiger charge is 2.35. The molecule has 0 atom stereocenters. The first-order valence-electron chi connectivity index (χ1n) is 5.90. The van der Waals surface area contributed by atoms with Gasteiger partial charge in [-0.3, -0.25) is 0 Å². The van der Waals surface area contributed by atoms with Crippen LogP contribution in [0.3, 0.4) is 0 Å². The highest BCUT2D eigenvalue weighted by molar-refractivity contribution is 7.89. The van der Waals surface area contributed by atoms with Gasteiger partial charge in [0.1, 0.15) is 0 Å². The van der Waals surface area contributed by atoms with Crippen molar-refractivity contribution in [3.63, 3.8) is 0 Å². The molecular formula is C12H15NO5S. The molecule has 0 saturated carbocycles. The first kappa shape index (κ1) is 14.0. The Morgan fingerprint density at radius 1 is 1.42 bits per heavy atom. The average molecular weight is 285 g/mol. The summed E-state index contributed by atoms with van der Waals surface area (Å²) in [6.07, 6.45) is -0.117. The van der Waals surface area contributed by atoms with Gasteiger partial charge in [-0.15, -0.1) is 0 Å². The fraction of sp³-hybridized carbons (Fsp3) is 0.417. The molecular weight excluding hydrogens is 270 g/mol. The van der Waals surface area contributed by atoms with E-state index in [1.165, 1.54) is 18.2 Å². The summed E-state index contributed by atoms with van der Waals surface area (Å²) in [7, 11) is -3.71.